The number of hydrogen-bond donors (Lipinski definition) is 4. The molecule has 11 nitrogen and oxygen atoms in total. The summed E-state index contributed by atoms with van der Waals surface area (Å²) in [5.41, 5.74) is 11.5. The Morgan fingerprint density at radius 1 is 1.22 bits per heavy atom. The van der Waals surface area contributed by atoms with Gasteiger partial charge in [-0.1, -0.05) is 20.3 Å². The van der Waals surface area contributed by atoms with Crippen molar-refractivity contribution in [3.05, 3.63) is 40.4 Å². The highest BCUT2D eigenvalue weighted by Gasteiger charge is 2.25. The molecule has 2 aliphatic heterocycles. The molecular formula is C25H38N8O3. The number of likely N-dealkylation sites (tertiary alicyclic amines) is 1. The molecule has 1 saturated heterocycles. The van der Waals surface area contributed by atoms with E-state index in [-0.39, 0.29) is 23.6 Å². The first-order valence-corrected chi connectivity index (χ1v) is 12.6. The topological polar surface area (TPSA) is 153 Å². The number of hydrogen-bond acceptors (Lipinski definition) is 7. The van der Waals surface area contributed by atoms with Gasteiger partial charge in [0, 0.05) is 37.8 Å². The maximum absolute atomic E-state index is 12.8. The summed E-state index contributed by atoms with van der Waals surface area (Å²) in [5, 5.41) is 5.89. The van der Waals surface area contributed by atoms with E-state index >= 15 is 0 Å². The maximum atomic E-state index is 12.8. The number of aliphatic imine (C=N–C) groups is 1. The molecule has 196 valence electrons. The third-order valence-electron chi connectivity index (χ3n) is 5.85. The Morgan fingerprint density at radius 3 is 2.61 bits per heavy atom. The molecule has 4 rings (SSSR count). The number of guanidine groups is 1. The van der Waals surface area contributed by atoms with Gasteiger partial charge in [-0.3, -0.25) is 14.4 Å². The Bertz CT molecular complexity index is 1120. The molecule has 0 unspecified atom stereocenters. The number of nitrogens with one attached hydrogen (secondary N) is 2. The Kier molecular flexibility index (Phi) is 9.69. The smallest absolute Gasteiger partial charge is 0.350 e. The van der Waals surface area contributed by atoms with Gasteiger partial charge in [-0.05, 0) is 50.9 Å². The lowest BCUT2D eigenvalue weighted by atomic mass is 10.0. The van der Waals surface area contributed by atoms with Crippen molar-refractivity contribution in [3.63, 3.8) is 0 Å². The van der Waals surface area contributed by atoms with Gasteiger partial charge in [-0.25, -0.2) is 4.79 Å². The van der Waals surface area contributed by atoms with Crippen molar-refractivity contribution in [2.75, 3.05) is 38.0 Å². The first-order valence-electron chi connectivity index (χ1n) is 12.6. The zero-order chi connectivity index (χ0) is 26.1. The molecule has 0 radical (unpaired) electrons. The predicted molar refractivity (Wildman–Crippen MR) is 142 cm³/mol. The normalized spacial score (nSPS) is 14.8. The summed E-state index contributed by atoms with van der Waals surface area (Å²) >= 11 is 0. The highest BCUT2D eigenvalue weighted by Crippen LogP contribution is 2.40. The van der Waals surface area contributed by atoms with Crippen LogP contribution in [0.4, 0.5) is 11.5 Å². The maximum Gasteiger partial charge on any atom is 0.350 e. The number of rotatable bonds is 7. The summed E-state index contributed by atoms with van der Waals surface area (Å²) in [6, 6.07) is 5.21. The van der Waals surface area contributed by atoms with E-state index in [2.05, 4.69) is 39.4 Å². The van der Waals surface area contributed by atoms with Crippen molar-refractivity contribution in [2.24, 2.45) is 16.5 Å². The van der Waals surface area contributed by atoms with Crippen LogP contribution in [0.3, 0.4) is 0 Å². The van der Waals surface area contributed by atoms with E-state index in [1.54, 1.807) is 29.0 Å². The monoisotopic (exact) mass is 498 g/mol. The number of aromatic nitrogens is 2. The number of nitrogens with two attached hydrogens (primary N) is 2. The molecule has 1 aromatic heterocycles. The van der Waals surface area contributed by atoms with Crippen molar-refractivity contribution in [1.82, 2.24) is 19.8 Å². The molecule has 2 aromatic rings. The molecule has 1 aromatic carbocycles. The standard InChI is InChI=1S/C22H30N8O3.C3H8/c1-2-25-20(31)14-4-5-17-16(12-14)27-19-18(33-17)13-30(22(32)28-19)15-6-10-29(11-7-15)9-3-8-26-21(23)24;1-3-2/h4-5,12-13,15H,2-3,6-11H2,1H3,(H,25,31)(H4,23,24,26)(H,27,28,32);3H2,1-2H3. The molecule has 3 heterocycles. The summed E-state index contributed by atoms with van der Waals surface area (Å²) in [7, 11) is 0. The number of benzene rings is 1. The average Bonchev–Trinajstić information content (AvgIpc) is 2.86. The Balaban J connectivity index is 0.00000115. The summed E-state index contributed by atoms with van der Waals surface area (Å²) in [6.45, 7) is 9.97. The second-order valence-electron chi connectivity index (χ2n) is 8.88. The predicted octanol–water partition coefficient (Wildman–Crippen LogP) is 2.56. The molecule has 1 fully saturated rings. The second kappa shape index (κ2) is 12.9. The third-order valence-corrected chi connectivity index (χ3v) is 5.85. The lowest BCUT2D eigenvalue weighted by Gasteiger charge is -2.33. The number of anilines is 2. The molecule has 0 aliphatic carbocycles. The molecule has 0 saturated carbocycles. The highest BCUT2D eigenvalue weighted by atomic mass is 16.5. The fraction of sp³-hybridized carbons (Fsp3) is 0.520. The average molecular weight is 499 g/mol. The van der Waals surface area contributed by atoms with Crippen LogP contribution in [0.5, 0.6) is 11.5 Å². The van der Waals surface area contributed by atoms with Gasteiger partial charge in [0.05, 0.1) is 11.9 Å². The van der Waals surface area contributed by atoms with Gasteiger partial charge < -0.3 is 31.7 Å². The molecule has 11 heteroatoms. The van der Waals surface area contributed by atoms with Gasteiger partial charge in [-0.15, -0.1) is 0 Å². The molecular weight excluding hydrogens is 460 g/mol. The van der Waals surface area contributed by atoms with Crippen LogP contribution in [0.2, 0.25) is 0 Å². The minimum absolute atomic E-state index is 0.0642. The van der Waals surface area contributed by atoms with Crippen molar-refractivity contribution in [2.45, 2.75) is 52.5 Å². The number of nitrogens with zero attached hydrogens (tertiary/aromatic N) is 4. The van der Waals surface area contributed by atoms with Gasteiger partial charge in [0.2, 0.25) is 0 Å². The minimum Gasteiger partial charge on any atom is -0.450 e. The summed E-state index contributed by atoms with van der Waals surface area (Å²) < 4.78 is 7.68. The van der Waals surface area contributed by atoms with Crippen LogP contribution in [-0.4, -0.2) is 59.0 Å². The van der Waals surface area contributed by atoms with Crippen LogP contribution in [0.1, 0.15) is 62.9 Å². The van der Waals surface area contributed by atoms with E-state index in [1.165, 1.54) is 6.42 Å². The first kappa shape index (κ1) is 27.0. The van der Waals surface area contributed by atoms with Crippen molar-refractivity contribution < 1.29 is 9.53 Å². The minimum atomic E-state index is -0.320. The van der Waals surface area contributed by atoms with E-state index in [0.717, 1.165) is 38.9 Å². The Hall–Kier alpha value is -3.60. The van der Waals surface area contributed by atoms with Gasteiger partial charge in [0.25, 0.3) is 5.91 Å². The van der Waals surface area contributed by atoms with Crippen LogP contribution in [-0.2, 0) is 0 Å². The number of carbonyl (C=O) groups is 1. The van der Waals surface area contributed by atoms with Crippen LogP contribution < -0.4 is 32.5 Å². The van der Waals surface area contributed by atoms with Crippen molar-refractivity contribution in [1.29, 1.82) is 0 Å². The van der Waals surface area contributed by atoms with Crippen LogP contribution in [0.25, 0.3) is 0 Å². The van der Waals surface area contributed by atoms with Gasteiger partial charge in [0.15, 0.2) is 23.3 Å². The highest BCUT2D eigenvalue weighted by molar-refractivity contribution is 5.96. The lowest BCUT2D eigenvalue weighted by molar-refractivity contribution is 0.0956. The molecule has 2 aliphatic rings. The van der Waals surface area contributed by atoms with E-state index in [1.807, 2.05) is 6.92 Å². The summed E-state index contributed by atoms with van der Waals surface area (Å²) in [6.07, 6.45) is 5.58. The van der Waals surface area contributed by atoms with Crippen LogP contribution in [0, 0.1) is 0 Å². The fourth-order valence-electron chi connectivity index (χ4n) is 4.17. The van der Waals surface area contributed by atoms with Crippen molar-refractivity contribution in [3.8, 4) is 11.5 Å². The largest absolute Gasteiger partial charge is 0.450 e. The quantitative estimate of drug-likeness (QED) is 0.220. The molecule has 0 spiro atoms. The van der Waals surface area contributed by atoms with Crippen LogP contribution >= 0.6 is 0 Å². The molecule has 0 atom stereocenters. The zero-order valence-electron chi connectivity index (χ0n) is 21.4. The summed E-state index contributed by atoms with van der Waals surface area (Å²) in [4.78, 5) is 35.4. The van der Waals surface area contributed by atoms with Crippen molar-refractivity contribution >= 4 is 23.4 Å². The number of fused-ring (bicyclic) bond motifs is 2. The SMILES string of the molecule is CCC.CCNC(=O)c1ccc2c(c1)Nc1nc(=O)n(C3CCN(CCCN=C(N)N)CC3)cc1O2. The number of carbonyl (C=O) groups excluding carboxylic acids is 1. The summed E-state index contributed by atoms with van der Waals surface area (Å²) in [5.74, 6) is 1.38. The number of amides is 1. The van der Waals surface area contributed by atoms with E-state index in [0.29, 0.717) is 41.7 Å². The van der Waals surface area contributed by atoms with Gasteiger partial charge in [0.1, 0.15) is 0 Å². The Morgan fingerprint density at radius 2 is 1.94 bits per heavy atom. The molecule has 36 heavy (non-hydrogen) atoms. The van der Waals surface area contributed by atoms with Crippen LogP contribution in [0.15, 0.2) is 34.2 Å². The second-order valence-corrected chi connectivity index (χ2v) is 8.88. The number of ether oxygens (including phenoxy) is 1. The Labute approximate surface area is 211 Å². The fourth-order valence-corrected chi connectivity index (χ4v) is 4.17. The molecule has 1 amide bonds. The number of piperidine rings is 1. The van der Waals surface area contributed by atoms with E-state index < -0.39 is 0 Å². The van der Waals surface area contributed by atoms with Gasteiger partial charge in [-0.2, -0.15) is 4.98 Å². The molecule has 6 N–H and O–H groups in total. The lowest BCUT2D eigenvalue weighted by Crippen LogP contribution is -2.38. The first-order chi connectivity index (χ1) is 17.4. The zero-order valence-corrected chi connectivity index (χ0v) is 21.4. The van der Waals surface area contributed by atoms with E-state index in [9.17, 15) is 9.59 Å². The third kappa shape index (κ3) is 6.97. The van der Waals surface area contributed by atoms with E-state index in [4.69, 9.17) is 16.2 Å². The molecule has 0 bridgehead atoms. The van der Waals surface area contributed by atoms with Gasteiger partial charge >= 0.3 is 5.69 Å².